The van der Waals surface area contributed by atoms with Crippen LogP contribution in [0.2, 0.25) is 5.02 Å². The number of carbonyl (C=O) groups is 3. The number of nitrogens with zero attached hydrogens (tertiary/aromatic N) is 2. The Kier molecular flexibility index (Phi) is 3.38. The van der Waals surface area contributed by atoms with Gasteiger partial charge in [0.2, 0.25) is 0 Å². The van der Waals surface area contributed by atoms with Crippen molar-refractivity contribution in [3.8, 4) is 0 Å². The molecular weight excluding hydrogens is 308 g/mol. The molecule has 2 amide bonds. The predicted molar refractivity (Wildman–Crippen MR) is 76.9 cm³/mol. The minimum Gasteiger partial charge on any atom is -0.478 e. The van der Waals surface area contributed by atoms with Crippen LogP contribution in [0.3, 0.4) is 0 Å². The van der Waals surface area contributed by atoms with Crippen LogP contribution in [0.25, 0.3) is 0 Å². The molecule has 7 heteroatoms. The number of aromatic nitrogens is 1. The number of hydrogen-bond donors (Lipinski definition) is 1. The molecule has 2 heterocycles. The molecule has 0 radical (unpaired) electrons. The number of pyridine rings is 1. The molecule has 110 valence electrons. The molecule has 22 heavy (non-hydrogen) atoms. The van der Waals surface area contributed by atoms with Gasteiger partial charge in [-0.3, -0.25) is 14.5 Å². The second-order valence-electron chi connectivity index (χ2n) is 4.75. The third kappa shape index (κ3) is 2.33. The first-order valence-electron chi connectivity index (χ1n) is 6.31. The fourth-order valence-electron chi connectivity index (χ4n) is 2.20. The van der Waals surface area contributed by atoms with Gasteiger partial charge >= 0.3 is 5.97 Å². The molecule has 6 nitrogen and oxygen atoms in total. The van der Waals surface area contributed by atoms with Gasteiger partial charge in [0.05, 0.1) is 17.7 Å². The summed E-state index contributed by atoms with van der Waals surface area (Å²) in [6.45, 7) is 0.0770. The molecule has 0 aliphatic carbocycles. The molecule has 0 bridgehead atoms. The molecule has 3 rings (SSSR count). The van der Waals surface area contributed by atoms with E-state index in [1.54, 1.807) is 24.3 Å². The van der Waals surface area contributed by atoms with Crippen LogP contribution in [-0.4, -0.2) is 32.8 Å². The van der Waals surface area contributed by atoms with Crippen LogP contribution < -0.4 is 0 Å². The summed E-state index contributed by atoms with van der Waals surface area (Å²) in [5.41, 5.74) is 0.591. The van der Waals surface area contributed by atoms with Crippen LogP contribution >= 0.6 is 11.6 Å². The van der Waals surface area contributed by atoms with Gasteiger partial charge in [0, 0.05) is 11.2 Å². The smallest absolute Gasteiger partial charge is 0.337 e. The molecule has 0 saturated carbocycles. The van der Waals surface area contributed by atoms with Crippen molar-refractivity contribution in [3.63, 3.8) is 0 Å². The Balaban J connectivity index is 1.92. The number of rotatable bonds is 3. The minimum atomic E-state index is -1.20. The maximum absolute atomic E-state index is 12.3. The highest BCUT2D eigenvalue weighted by Crippen LogP contribution is 2.24. The van der Waals surface area contributed by atoms with Gasteiger partial charge in [-0.15, -0.1) is 0 Å². The number of carboxylic acid groups (broad SMARTS) is 1. The van der Waals surface area contributed by atoms with Gasteiger partial charge in [-0.25, -0.2) is 9.78 Å². The Morgan fingerprint density at radius 3 is 2.50 bits per heavy atom. The molecule has 1 N–H and O–H groups in total. The summed E-state index contributed by atoms with van der Waals surface area (Å²) in [4.78, 5) is 40.3. The number of aromatic carboxylic acids is 1. The molecule has 0 unspecified atom stereocenters. The van der Waals surface area contributed by atoms with E-state index < -0.39 is 17.8 Å². The molecule has 1 aromatic heterocycles. The molecule has 0 atom stereocenters. The van der Waals surface area contributed by atoms with Crippen LogP contribution in [0.15, 0.2) is 36.5 Å². The van der Waals surface area contributed by atoms with Gasteiger partial charge in [0.15, 0.2) is 0 Å². The Labute approximate surface area is 130 Å². The number of amides is 2. The van der Waals surface area contributed by atoms with E-state index in [2.05, 4.69) is 4.98 Å². The van der Waals surface area contributed by atoms with Crippen molar-refractivity contribution < 1.29 is 19.5 Å². The van der Waals surface area contributed by atoms with Gasteiger partial charge in [-0.05, 0) is 23.8 Å². The lowest BCUT2D eigenvalue weighted by Crippen LogP contribution is -2.29. The number of carboxylic acids is 1. The van der Waals surface area contributed by atoms with Crippen LogP contribution in [0.4, 0.5) is 0 Å². The van der Waals surface area contributed by atoms with Crippen molar-refractivity contribution in [1.29, 1.82) is 0 Å². The number of halogens is 1. The normalized spacial score (nSPS) is 13.4. The maximum Gasteiger partial charge on any atom is 0.337 e. The van der Waals surface area contributed by atoms with Crippen LogP contribution in [0.1, 0.15) is 36.8 Å². The maximum atomic E-state index is 12.3. The van der Waals surface area contributed by atoms with E-state index in [0.717, 1.165) is 16.7 Å². The van der Waals surface area contributed by atoms with E-state index in [9.17, 15) is 14.4 Å². The predicted octanol–water partition coefficient (Wildman–Crippen LogP) is 2.23. The number of imide groups is 1. The first kappa shape index (κ1) is 14.2. The summed E-state index contributed by atoms with van der Waals surface area (Å²) in [6.07, 6.45) is 1.07. The molecule has 2 aromatic rings. The highest BCUT2D eigenvalue weighted by Gasteiger charge is 2.37. The van der Waals surface area contributed by atoms with Crippen molar-refractivity contribution in [3.05, 3.63) is 63.9 Å². The van der Waals surface area contributed by atoms with Crippen LogP contribution in [0, 0.1) is 0 Å². The quantitative estimate of drug-likeness (QED) is 0.877. The largest absolute Gasteiger partial charge is 0.478 e. The highest BCUT2D eigenvalue weighted by atomic mass is 35.5. The SMILES string of the molecule is O=C(O)c1cnc2c(c1)C(=O)N(Cc1ccc(Cl)cc1)C2=O. The van der Waals surface area contributed by atoms with E-state index in [1.807, 2.05) is 0 Å². The van der Waals surface area contributed by atoms with Crippen LogP contribution in [0.5, 0.6) is 0 Å². The lowest BCUT2D eigenvalue weighted by molar-refractivity contribution is 0.0638. The number of benzene rings is 1. The topological polar surface area (TPSA) is 87.6 Å². The Bertz CT molecular complexity index is 802. The molecule has 0 saturated heterocycles. The number of fused-ring (bicyclic) bond motifs is 1. The summed E-state index contributed by atoms with van der Waals surface area (Å²) < 4.78 is 0. The fraction of sp³-hybridized carbons (Fsp3) is 0.0667. The molecule has 1 aliphatic rings. The fourth-order valence-corrected chi connectivity index (χ4v) is 2.32. The Hall–Kier alpha value is -2.73. The van der Waals surface area contributed by atoms with Gasteiger partial charge in [-0.2, -0.15) is 0 Å². The standard InChI is InChI=1S/C15H9ClN2O4/c16-10-3-1-8(2-4-10)7-18-13(19)11-5-9(15(21)22)6-17-12(11)14(18)20/h1-6H,7H2,(H,21,22). The molecule has 0 spiro atoms. The van der Waals surface area contributed by atoms with E-state index in [1.165, 1.54) is 6.07 Å². The third-order valence-corrected chi connectivity index (χ3v) is 3.56. The Morgan fingerprint density at radius 1 is 1.18 bits per heavy atom. The van der Waals surface area contributed by atoms with Gasteiger partial charge in [0.25, 0.3) is 11.8 Å². The molecule has 1 aliphatic heterocycles. The van der Waals surface area contributed by atoms with Crippen molar-refractivity contribution >= 4 is 29.4 Å². The zero-order valence-corrected chi connectivity index (χ0v) is 11.9. The summed E-state index contributed by atoms with van der Waals surface area (Å²) in [7, 11) is 0. The number of hydrogen-bond acceptors (Lipinski definition) is 4. The first-order valence-corrected chi connectivity index (χ1v) is 6.69. The van der Waals surface area contributed by atoms with Crippen LogP contribution in [-0.2, 0) is 6.54 Å². The van der Waals surface area contributed by atoms with Crippen molar-refractivity contribution in [2.24, 2.45) is 0 Å². The second kappa shape index (κ2) is 5.23. The second-order valence-corrected chi connectivity index (χ2v) is 5.18. The van der Waals surface area contributed by atoms with Gasteiger partial charge in [-0.1, -0.05) is 23.7 Å². The van der Waals surface area contributed by atoms with E-state index in [0.29, 0.717) is 5.02 Å². The summed E-state index contributed by atoms with van der Waals surface area (Å²) in [5.74, 6) is -2.29. The average Bonchev–Trinajstić information content (AvgIpc) is 2.74. The van der Waals surface area contributed by atoms with Gasteiger partial charge < -0.3 is 5.11 Å². The molecule has 0 fully saturated rings. The summed E-state index contributed by atoms with van der Waals surface area (Å²) in [6, 6.07) is 7.92. The summed E-state index contributed by atoms with van der Waals surface area (Å²) in [5, 5.41) is 9.49. The highest BCUT2D eigenvalue weighted by molar-refractivity contribution is 6.30. The molecule has 1 aromatic carbocycles. The zero-order chi connectivity index (χ0) is 15.9. The van der Waals surface area contributed by atoms with Crippen molar-refractivity contribution in [2.75, 3.05) is 0 Å². The van der Waals surface area contributed by atoms with Crippen molar-refractivity contribution in [1.82, 2.24) is 9.88 Å². The minimum absolute atomic E-state index is 0.0128. The average molecular weight is 317 g/mol. The van der Waals surface area contributed by atoms with E-state index in [-0.39, 0.29) is 23.4 Å². The van der Waals surface area contributed by atoms with E-state index >= 15 is 0 Å². The lowest BCUT2D eigenvalue weighted by Gasteiger charge is -2.13. The molecular formula is C15H9ClN2O4. The zero-order valence-electron chi connectivity index (χ0n) is 11.1. The first-order chi connectivity index (χ1) is 10.5. The Morgan fingerprint density at radius 2 is 1.86 bits per heavy atom. The van der Waals surface area contributed by atoms with E-state index in [4.69, 9.17) is 16.7 Å². The van der Waals surface area contributed by atoms with Gasteiger partial charge in [0.1, 0.15) is 5.69 Å². The summed E-state index contributed by atoms with van der Waals surface area (Å²) >= 11 is 5.79. The lowest BCUT2D eigenvalue weighted by atomic mass is 10.1. The number of carbonyl (C=O) groups excluding carboxylic acids is 2. The third-order valence-electron chi connectivity index (χ3n) is 3.31. The van der Waals surface area contributed by atoms with Crippen molar-refractivity contribution in [2.45, 2.75) is 6.54 Å². The monoisotopic (exact) mass is 316 g/mol.